The van der Waals surface area contributed by atoms with Gasteiger partial charge in [0.25, 0.3) is 0 Å². The summed E-state index contributed by atoms with van der Waals surface area (Å²) < 4.78 is 23.7. The second-order valence-corrected chi connectivity index (χ2v) is 22.8. The van der Waals surface area contributed by atoms with Crippen LogP contribution in [0.25, 0.3) is 0 Å². The fourth-order valence-corrected chi connectivity index (χ4v) is 9.15. The maximum absolute atomic E-state index is 13.0. The van der Waals surface area contributed by atoms with Crippen LogP contribution in [0.2, 0.25) is 0 Å². The minimum Gasteiger partial charge on any atom is -0.387 e. The van der Waals surface area contributed by atoms with E-state index in [2.05, 4.69) is 92.1 Å². The van der Waals surface area contributed by atoms with Gasteiger partial charge in [-0.05, 0) is 83.5 Å². The van der Waals surface area contributed by atoms with Crippen molar-refractivity contribution in [3.8, 4) is 0 Å². The largest absolute Gasteiger partial charge is 0.472 e. The van der Waals surface area contributed by atoms with E-state index >= 15 is 0 Å². The normalized spacial score (nSPS) is 14.5. The first-order chi connectivity index (χ1) is 35.0. The lowest BCUT2D eigenvalue weighted by Crippen LogP contribution is -2.45. The maximum atomic E-state index is 13.0. The van der Waals surface area contributed by atoms with E-state index in [9.17, 15) is 19.4 Å². The van der Waals surface area contributed by atoms with E-state index in [0.717, 1.165) is 70.6 Å². The SMILES string of the molecule is CC/C=C\C/C=C\C/C=C\C/C=C\CCCCCCCCCCCCCCCCC(=O)NC(COP(=O)(O)OCC[N+](C)(C)C)C(O)/C=C/CC/C=C/CC/C=C/CCCCCCCCCCCCCCC. The Morgan fingerprint density at radius 2 is 0.847 bits per heavy atom. The number of hydrogen-bond donors (Lipinski definition) is 3. The predicted octanol–water partition coefficient (Wildman–Crippen LogP) is 18.4. The topological polar surface area (TPSA) is 105 Å². The Balaban J connectivity index is 4.25. The first-order valence-electron chi connectivity index (χ1n) is 30.0. The molecule has 418 valence electrons. The molecule has 0 saturated heterocycles. The zero-order chi connectivity index (χ0) is 52.7. The number of unbranched alkanes of at least 4 members (excludes halogenated alkanes) is 29. The van der Waals surface area contributed by atoms with Crippen molar-refractivity contribution in [3.63, 3.8) is 0 Å². The average molecular weight is 1030 g/mol. The molecule has 0 aromatic heterocycles. The van der Waals surface area contributed by atoms with Crippen LogP contribution < -0.4 is 5.32 Å². The molecule has 9 heteroatoms. The number of amides is 1. The lowest BCUT2D eigenvalue weighted by Gasteiger charge is -2.25. The molecule has 0 aliphatic heterocycles. The van der Waals surface area contributed by atoms with Crippen molar-refractivity contribution in [3.05, 3.63) is 85.1 Å². The van der Waals surface area contributed by atoms with Gasteiger partial charge in [0.15, 0.2) is 0 Å². The van der Waals surface area contributed by atoms with E-state index in [1.54, 1.807) is 6.08 Å². The molecule has 0 aliphatic rings. The molecule has 3 N–H and O–H groups in total. The van der Waals surface area contributed by atoms with Crippen LogP contribution in [-0.4, -0.2) is 73.4 Å². The maximum Gasteiger partial charge on any atom is 0.472 e. The third-order valence-corrected chi connectivity index (χ3v) is 14.1. The molecular weight excluding hydrogens is 912 g/mol. The first kappa shape index (κ1) is 69.7. The van der Waals surface area contributed by atoms with E-state index < -0.39 is 20.0 Å². The zero-order valence-electron chi connectivity index (χ0n) is 47.7. The molecule has 0 fully saturated rings. The summed E-state index contributed by atoms with van der Waals surface area (Å²) in [4.78, 5) is 23.3. The smallest absolute Gasteiger partial charge is 0.387 e. The summed E-state index contributed by atoms with van der Waals surface area (Å²) in [6.07, 6.45) is 75.5. The van der Waals surface area contributed by atoms with Gasteiger partial charge in [0.1, 0.15) is 13.2 Å². The summed E-state index contributed by atoms with van der Waals surface area (Å²) in [5.41, 5.74) is 0. The Kier molecular flexibility index (Phi) is 51.8. The van der Waals surface area contributed by atoms with Crippen molar-refractivity contribution < 1.29 is 32.9 Å². The van der Waals surface area contributed by atoms with Crippen molar-refractivity contribution >= 4 is 13.7 Å². The van der Waals surface area contributed by atoms with Gasteiger partial charge in [-0.2, -0.15) is 0 Å². The molecule has 0 rings (SSSR count). The van der Waals surface area contributed by atoms with Gasteiger partial charge in [-0.3, -0.25) is 13.8 Å². The van der Waals surface area contributed by atoms with Gasteiger partial charge >= 0.3 is 7.82 Å². The second kappa shape index (κ2) is 53.5. The second-order valence-electron chi connectivity index (χ2n) is 21.3. The molecule has 0 aromatic carbocycles. The lowest BCUT2D eigenvalue weighted by molar-refractivity contribution is -0.870. The summed E-state index contributed by atoms with van der Waals surface area (Å²) in [6.45, 7) is 4.69. The monoisotopic (exact) mass is 1030 g/mol. The number of quaternary nitrogens is 1. The van der Waals surface area contributed by atoms with Gasteiger partial charge in [0, 0.05) is 6.42 Å². The van der Waals surface area contributed by atoms with Gasteiger partial charge in [-0.25, -0.2) is 4.57 Å². The minimum atomic E-state index is -4.36. The number of nitrogens with one attached hydrogen (secondary N) is 1. The van der Waals surface area contributed by atoms with Crippen LogP contribution in [0.4, 0.5) is 0 Å². The third-order valence-electron chi connectivity index (χ3n) is 13.1. The highest BCUT2D eigenvalue weighted by Gasteiger charge is 2.27. The number of aliphatic hydroxyl groups excluding tert-OH is 1. The van der Waals surface area contributed by atoms with E-state index in [4.69, 9.17) is 9.05 Å². The standard InChI is InChI=1S/C63H115N2O6P/c1-6-8-10-12-14-16-18-20-22-24-26-28-30-31-32-33-35-37-39-41-43-45-47-49-51-53-55-57-63(67)64-61(60-71-72(68,69)70-59-58-65(3,4)5)62(66)56-54-52-50-48-46-44-42-40-38-36-34-29-27-25-23-21-19-17-15-13-11-9-7-2/h8,10,14,16,20,22,26,28,38,40,46,48,54,56,61-62,66H,6-7,9,11-13,15,17-19,21,23-25,27,29-37,39,41-45,47,49-53,55,57-60H2,1-5H3,(H-,64,67,68,69)/p+1/b10-8-,16-14-,22-20-,28-26-,40-38+,48-46+,56-54+. The molecule has 8 nitrogen and oxygen atoms in total. The van der Waals surface area contributed by atoms with E-state index in [1.165, 1.54) is 167 Å². The first-order valence-corrected chi connectivity index (χ1v) is 31.5. The highest BCUT2D eigenvalue weighted by molar-refractivity contribution is 7.47. The Labute approximate surface area is 446 Å². The fourth-order valence-electron chi connectivity index (χ4n) is 8.42. The summed E-state index contributed by atoms with van der Waals surface area (Å²) in [7, 11) is 1.54. The van der Waals surface area contributed by atoms with Crippen LogP contribution in [0.3, 0.4) is 0 Å². The molecule has 0 heterocycles. The van der Waals surface area contributed by atoms with Gasteiger partial charge in [0.2, 0.25) is 5.91 Å². The molecule has 0 aromatic rings. The van der Waals surface area contributed by atoms with Crippen LogP contribution >= 0.6 is 7.82 Å². The van der Waals surface area contributed by atoms with E-state index in [1.807, 2.05) is 27.2 Å². The van der Waals surface area contributed by atoms with Gasteiger partial charge in [-0.1, -0.05) is 253 Å². The van der Waals surface area contributed by atoms with Crippen LogP contribution in [0, 0.1) is 0 Å². The molecule has 72 heavy (non-hydrogen) atoms. The number of phosphoric acid groups is 1. The number of rotatable bonds is 54. The van der Waals surface area contributed by atoms with Gasteiger partial charge < -0.3 is 19.8 Å². The summed E-state index contributed by atoms with van der Waals surface area (Å²) in [5, 5.41) is 13.9. The number of hydrogen-bond acceptors (Lipinski definition) is 5. The Hall–Kier alpha value is -2.32. The Morgan fingerprint density at radius 1 is 0.486 bits per heavy atom. The zero-order valence-corrected chi connectivity index (χ0v) is 48.5. The van der Waals surface area contributed by atoms with Crippen LogP contribution in [0.15, 0.2) is 85.1 Å². The molecule has 0 spiro atoms. The minimum absolute atomic E-state index is 0.0506. The van der Waals surface area contributed by atoms with Crippen molar-refractivity contribution in [1.82, 2.24) is 5.32 Å². The molecular formula is C63H116N2O6P+. The number of carbonyl (C=O) groups is 1. The lowest BCUT2D eigenvalue weighted by atomic mass is 10.0. The highest BCUT2D eigenvalue weighted by atomic mass is 31.2. The van der Waals surface area contributed by atoms with Crippen LogP contribution in [0.1, 0.15) is 258 Å². The quantitative estimate of drug-likeness (QED) is 0.0243. The van der Waals surface area contributed by atoms with Crippen LogP contribution in [0.5, 0.6) is 0 Å². The summed E-state index contributed by atoms with van der Waals surface area (Å²) in [5.74, 6) is -0.193. The molecule has 1 amide bonds. The molecule has 0 aliphatic carbocycles. The van der Waals surface area contributed by atoms with Crippen molar-refractivity contribution in [2.45, 2.75) is 270 Å². The molecule has 3 atom stereocenters. The Bertz CT molecular complexity index is 1450. The molecule has 0 radical (unpaired) electrons. The predicted molar refractivity (Wildman–Crippen MR) is 313 cm³/mol. The molecule has 0 saturated carbocycles. The molecule has 0 bridgehead atoms. The van der Waals surface area contributed by atoms with Gasteiger partial charge in [0.05, 0.1) is 39.9 Å². The van der Waals surface area contributed by atoms with Crippen molar-refractivity contribution in [2.24, 2.45) is 0 Å². The number of nitrogens with zero attached hydrogens (tertiary/aromatic N) is 1. The molecule has 3 unspecified atom stereocenters. The number of allylic oxidation sites excluding steroid dienone is 13. The van der Waals surface area contributed by atoms with E-state index in [0.29, 0.717) is 17.4 Å². The number of aliphatic hydroxyl groups is 1. The average Bonchev–Trinajstić information content (AvgIpc) is 3.34. The summed E-state index contributed by atoms with van der Waals surface area (Å²) in [6, 6.07) is -0.875. The number of likely N-dealkylation sites (N-methyl/N-ethyl adjacent to an activating group) is 1. The number of phosphoric ester groups is 1. The van der Waals surface area contributed by atoms with Crippen molar-refractivity contribution in [1.29, 1.82) is 0 Å². The van der Waals surface area contributed by atoms with Crippen molar-refractivity contribution in [2.75, 3.05) is 40.9 Å². The van der Waals surface area contributed by atoms with Crippen LogP contribution in [-0.2, 0) is 18.4 Å². The van der Waals surface area contributed by atoms with E-state index in [-0.39, 0.29) is 19.1 Å². The van der Waals surface area contributed by atoms with Gasteiger partial charge in [-0.15, -0.1) is 0 Å². The summed E-state index contributed by atoms with van der Waals surface area (Å²) >= 11 is 0. The number of carbonyl (C=O) groups excluding carboxylic acids is 1. The fraction of sp³-hybridized carbons (Fsp3) is 0.762. The third kappa shape index (κ3) is 55.4. The highest BCUT2D eigenvalue weighted by Crippen LogP contribution is 2.43. The Morgan fingerprint density at radius 3 is 1.28 bits per heavy atom.